The van der Waals surface area contributed by atoms with E-state index in [2.05, 4.69) is 11.0 Å². The van der Waals surface area contributed by atoms with Gasteiger partial charge in [0.25, 0.3) is 0 Å². The third-order valence-corrected chi connectivity index (χ3v) is 2.96. The smallest absolute Gasteiger partial charge is 0.224 e. The second-order valence-corrected chi connectivity index (χ2v) is 4.42. The number of nitrogens with zero attached hydrogens (tertiary/aromatic N) is 3. The van der Waals surface area contributed by atoms with E-state index in [0.717, 1.165) is 19.5 Å². The Bertz CT molecular complexity index is 269. The van der Waals surface area contributed by atoms with Crippen LogP contribution in [-0.2, 0) is 4.79 Å². The summed E-state index contributed by atoms with van der Waals surface area (Å²) in [5, 5.41) is 8.85. The third-order valence-electron chi connectivity index (χ3n) is 2.96. The van der Waals surface area contributed by atoms with Crippen LogP contribution in [0.3, 0.4) is 0 Å². The molecule has 0 aliphatic carbocycles. The molecule has 1 fully saturated rings. The van der Waals surface area contributed by atoms with Crippen LogP contribution in [0.4, 0.5) is 0 Å². The molecule has 1 saturated heterocycles. The standard InChI is InChI=1S/C11H19N3O/c1-9-10(8-12)7-11(15)14(9)6-4-5-13(2)3/h9-10H,4-7H2,1-3H3. The zero-order valence-corrected chi connectivity index (χ0v) is 9.73. The first-order valence-electron chi connectivity index (χ1n) is 5.40. The third kappa shape index (κ3) is 2.93. The van der Waals surface area contributed by atoms with Crippen molar-refractivity contribution >= 4 is 5.91 Å². The van der Waals surface area contributed by atoms with Crippen LogP contribution in [0, 0.1) is 17.2 Å². The van der Waals surface area contributed by atoms with Crippen molar-refractivity contribution in [2.75, 3.05) is 27.2 Å². The molecule has 2 unspecified atom stereocenters. The normalized spacial score (nSPS) is 26.1. The van der Waals surface area contributed by atoms with Crippen molar-refractivity contribution in [3.8, 4) is 6.07 Å². The summed E-state index contributed by atoms with van der Waals surface area (Å²) in [7, 11) is 4.04. The fraction of sp³-hybridized carbons (Fsp3) is 0.818. The average Bonchev–Trinajstić information content (AvgIpc) is 2.44. The molecule has 1 aliphatic rings. The van der Waals surface area contributed by atoms with Crippen LogP contribution in [0.2, 0.25) is 0 Å². The predicted octanol–water partition coefficient (Wildman–Crippen LogP) is 0.699. The summed E-state index contributed by atoms with van der Waals surface area (Å²) >= 11 is 0. The molecular formula is C11H19N3O. The highest BCUT2D eigenvalue weighted by Gasteiger charge is 2.36. The summed E-state index contributed by atoms with van der Waals surface area (Å²) in [5.41, 5.74) is 0. The summed E-state index contributed by atoms with van der Waals surface area (Å²) < 4.78 is 0. The van der Waals surface area contributed by atoms with E-state index in [1.807, 2.05) is 25.9 Å². The van der Waals surface area contributed by atoms with Crippen LogP contribution in [0.1, 0.15) is 19.8 Å². The number of hydrogen-bond donors (Lipinski definition) is 0. The first-order chi connectivity index (χ1) is 7.06. The Kier molecular flexibility index (Phi) is 4.10. The Balaban J connectivity index is 2.42. The van der Waals surface area contributed by atoms with E-state index in [4.69, 9.17) is 5.26 Å². The molecule has 1 amide bonds. The molecule has 0 aromatic heterocycles. The Labute approximate surface area is 91.5 Å². The molecule has 0 spiro atoms. The van der Waals surface area contributed by atoms with Crippen molar-refractivity contribution in [2.24, 2.45) is 5.92 Å². The van der Waals surface area contributed by atoms with Gasteiger partial charge < -0.3 is 9.80 Å². The van der Waals surface area contributed by atoms with Gasteiger partial charge in [0.2, 0.25) is 5.91 Å². The van der Waals surface area contributed by atoms with Gasteiger partial charge in [-0.15, -0.1) is 0 Å². The molecule has 0 N–H and O–H groups in total. The molecule has 0 saturated carbocycles. The van der Waals surface area contributed by atoms with Crippen molar-refractivity contribution in [3.63, 3.8) is 0 Å². The largest absolute Gasteiger partial charge is 0.339 e. The number of likely N-dealkylation sites (tertiary alicyclic amines) is 1. The van der Waals surface area contributed by atoms with Gasteiger partial charge in [-0.3, -0.25) is 4.79 Å². The Hall–Kier alpha value is -1.08. The van der Waals surface area contributed by atoms with Crippen LogP contribution >= 0.6 is 0 Å². The molecule has 0 radical (unpaired) electrons. The summed E-state index contributed by atoms with van der Waals surface area (Å²) in [6.07, 6.45) is 1.38. The molecule has 0 aromatic rings. The predicted molar refractivity (Wildman–Crippen MR) is 58.1 cm³/mol. The second kappa shape index (κ2) is 5.13. The molecule has 0 bridgehead atoms. The van der Waals surface area contributed by atoms with Crippen LogP contribution in [0.5, 0.6) is 0 Å². The average molecular weight is 209 g/mol. The zero-order chi connectivity index (χ0) is 11.4. The first kappa shape index (κ1) is 12.0. The van der Waals surface area contributed by atoms with Gasteiger partial charge in [-0.25, -0.2) is 0 Å². The molecule has 4 heteroatoms. The van der Waals surface area contributed by atoms with Crippen LogP contribution in [0.25, 0.3) is 0 Å². The van der Waals surface area contributed by atoms with Crippen molar-refractivity contribution in [1.82, 2.24) is 9.80 Å². The van der Waals surface area contributed by atoms with Gasteiger partial charge in [0.15, 0.2) is 0 Å². The Morgan fingerprint density at radius 1 is 1.60 bits per heavy atom. The lowest BCUT2D eigenvalue weighted by molar-refractivity contribution is -0.128. The molecular weight excluding hydrogens is 190 g/mol. The Morgan fingerprint density at radius 2 is 2.27 bits per heavy atom. The van der Waals surface area contributed by atoms with E-state index >= 15 is 0 Å². The number of amides is 1. The minimum absolute atomic E-state index is 0.0877. The lowest BCUT2D eigenvalue weighted by atomic mass is 10.0. The summed E-state index contributed by atoms with van der Waals surface area (Å²) in [6.45, 7) is 3.72. The number of carbonyl (C=O) groups excluding carboxylic acids is 1. The molecule has 84 valence electrons. The maximum Gasteiger partial charge on any atom is 0.224 e. The summed E-state index contributed by atoms with van der Waals surface area (Å²) in [6, 6.07) is 2.29. The molecule has 2 atom stereocenters. The fourth-order valence-electron chi connectivity index (χ4n) is 1.96. The van der Waals surface area contributed by atoms with E-state index in [1.165, 1.54) is 0 Å². The van der Waals surface area contributed by atoms with Crippen molar-refractivity contribution in [1.29, 1.82) is 5.26 Å². The maximum absolute atomic E-state index is 11.6. The number of carbonyl (C=O) groups is 1. The lowest BCUT2D eigenvalue weighted by Crippen LogP contribution is -2.34. The minimum atomic E-state index is -0.114. The van der Waals surface area contributed by atoms with Gasteiger partial charge in [0.05, 0.1) is 12.0 Å². The van der Waals surface area contributed by atoms with Gasteiger partial charge >= 0.3 is 0 Å². The van der Waals surface area contributed by atoms with Gasteiger partial charge in [-0.05, 0) is 34.0 Å². The van der Waals surface area contributed by atoms with Crippen molar-refractivity contribution in [3.05, 3.63) is 0 Å². The van der Waals surface area contributed by atoms with E-state index in [9.17, 15) is 4.79 Å². The van der Waals surface area contributed by atoms with Crippen LogP contribution in [-0.4, -0.2) is 48.9 Å². The highest BCUT2D eigenvalue weighted by Crippen LogP contribution is 2.24. The lowest BCUT2D eigenvalue weighted by Gasteiger charge is -2.23. The SMILES string of the molecule is CC1C(C#N)CC(=O)N1CCCN(C)C. The number of hydrogen-bond acceptors (Lipinski definition) is 3. The summed E-state index contributed by atoms with van der Waals surface area (Å²) in [4.78, 5) is 15.5. The zero-order valence-electron chi connectivity index (χ0n) is 9.73. The van der Waals surface area contributed by atoms with Gasteiger partial charge in [0, 0.05) is 19.0 Å². The van der Waals surface area contributed by atoms with E-state index in [1.54, 1.807) is 0 Å². The molecule has 1 heterocycles. The highest BCUT2D eigenvalue weighted by atomic mass is 16.2. The molecule has 15 heavy (non-hydrogen) atoms. The maximum atomic E-state index is 11.6. The van der Waals surface area contributed by atoms with E-state index < -0.39 is 0 Å². The molecule has 1 rings (SSSR count). The van der Waals surface area contributed by atoms with Gasteiger partial charge in [-0.1, -0.05) is 0 Å². The van der Waals surface area contributed by atoms with Gasteiger partial charge in [0.1, 0.15) is 0 Å². The van der Waals surface area contributed by atoms with Crippen LogP contribution < -0.4 is 0 Å². The van der Waals surface area contributed by atoms with Crippen molar-refractivity contribution < 1.29 is 4.79 Å². The molecule has 1 aliphatic heterocycles. The van der Waals surface area contributed by atoms with Crippen LogP contribution in [0.15, 0.2) is 0 Å². The topological polar surface area (TPSA) is 47.3 Å². The van der Waals surface area contributed by atoms with E-state index in [-0.39, 0.29) is 17.9 Å². The molecule has 0 aromatic carbocycles. The number of rotatable bonds is 4. The van der Waals surface area contributed by atoms with E-state index in [0.29, 0.717) is 6.42 Å². The summed E-state index contributed by atoms with van der Waals surface area (Å²) in [5.74, 6) is 0.0182. The second-order valence-electron chi connectivity index (χ2n) is 4.42. The monoisotopic (exact) mass is 209 g/mol. The minimum Gasteiger partial charge on any atom is -0.339 e. The quantitative estimate of drug-likeness (QED) is 0.684. The number of nitriles is 1. The van der Waals surface area contributed by atoms with Crippen molar-refractivity contribution in [2.45, 2.75) is 25.8 Å². The fourth-order valence-corrected chi connectivity index (χ4v) is 1.96. The highest BCUT2D eigenvalue weighted by molar-refractivity contribution is 5.79. The Morgan fingerprint density at radius 3 is 2.73 bits per heavy atom. The first-order valence-corrected chi connectivity index (χ1v) is 5.40. The molecule has 4 nitrogen and oxygen atoms in total. The van der Waals surface area contributed by atoms with Gasteiger partial charge in [-0.2, -0.15) is 5.26 Å².